The van der Waals surface area contributed by atoms with Gasteiger partial charge in [-0.05, 0) is 24.6 Å². The van der Waals surface area contributed by atoms with Crippen molar-refractivity contribution in [1.82, 2.24) is 0 Å². The number of anilines is 1. The van der Waals surface area contributed by atoms with Gasteiger partial charge in [-0.25, -0.2) is 9.18 Å². The number of hydrogen-bond acceptors (Lipinski definition) is 3. The molecule has 0 aromatic heterocycles. The third kappa shape index (κ3) is 1.77. The molecule has 0 bridgehead atoms. The molecule has 0 spiro atoms. The lowest BCUT2D eigenvalue weighted by atomic mass is 10.1. The van der Waals surface area contributed by atoms with Crippen LogP contribution in [0.1, 0.15) is 15.9 Å². The van der Waals surface area contributed by atoms with Gasteiger partial charge in [0.1, 0.15) is 5.82 Å². The van der Waals surface area contributed by atoms with Gasteiger partial charge in [-0.1, -0.05) is 0 Å². The Hall–Kier alpha value is -1.58. The third-order valence-corrected chi connectivity index (χ3v) is 1.68. The van der Waals surface area contributed by atoms with Crippen LogP contribution in [0, 0.1) is 12.7 Å². The first-order valence-corrected chi connectivity index (χ1v) is 3.70. The second-order valence-electron chi connectivity index (χ2n) is 2.69. The van der Waals surface area contributed by atoms with Crippen molar-refractivity contribution >= 4 is 11.7 Å². The van der Waals surface area contributed by atoms with E-state index in [-0.39, 0.29) is 5.56 Å². The molecule has 3 nitrogen and oxygen atoms in total. The fraction of sp³-hybridized carbons (Fsp3) is 0.222. The van der Waals surface area contributed by atoms with Crippen LogP contribution in [0.3, 0.4) is 0 Å². The van der Waals surface area contributed by atoms with Crippen LogP contribution in [0.25, 0.3) is 0 Å². The van der Waals surface area contributed by atoms with Gasteiger partial charge in [-0.15, -0.1) is 0 Å². The van der Waals surface area contributed by atoms with Gasteiger partial charge in [0.05, 0.1) is 12.7 Å². The first-order valence-electron chi connectivity index (χ1n) is 3.70. The smallest absolute Gasteiger partial charge is 0.340 e. The highest BCUT2D eigenvalue weighted by molar-refractivity contribution is 5.91. The van der Waals surface area contributed by atoms with Crippen molar-refractivity contribution in [1.29, 1.82) is 0 Å². The van der Waals surface area contributed by atoms with E-state index in [1.54, 1.807) is 0 Å². The van der Waals surface area contributed by atoms with Crippen LogP contribution in [0.2, 0.25) is 0 Å². The molecule has 13 heavy (non-hydrogen) atoms. The Morgan fingerprint density at radius 3 is 2.69 bits per heavy atom. The summed E-state index contributed by atoms with van der Waals surface area (Å²) >= 11 is 0. The predicted molar refractivity (Wildman–Crippen MR) is 46.9 cm³/mol. The van der Waals surface area contributed by atoms with Gasteiger partial charge in [0.25, 0.3) is 0 Å². The Kier molecular flexibility index (Phi) is 2.51. The summed E-state index contributed by atoms with van der Waals surface area (Å²) < 4.78 is 17.7. The number of nitrogen functional groups attached to an aromatic ring is 1. The van der Waals surface area contributed by atoms with Crippen LogP contribution in [0.4, 0.5) is 10.1 Å². The van der Waals surface area contributed by atoms with Crippen LogP contribution >= 0.6 is 0 Å². The highest BCUT2D eigenvalue weighted by Gasteiger charge is 2.14. The summed E-state index contributed by atoms with van der Waals surface area (Å²) in [6.07, 6.45) is 0. The number of nitrogens with two attached hydrogens (primary N) is 1. The molecule has 1 aromatic carbocycles. The lowest BCUT2D eigenvalue weighted by Crippen LogP contribution is -2.06. The second-order valence-corrected chi connectivity index (χ2v) is 2.69. The molecule has 0 radical (unpaired) electrons. The number of benzene rings is 1. The summed E-state index contributed by atoms with van der Waals surface area (Å²) in [5.41, 5.74) is 6.00. The molecule has 70 valence electrons. The summed E-state index contributed by atoms with van der Waals surface area (Å²) in [5.74, 6) is -1.30. The minimum absolute atomic E-state index is 0.125. The summed E-state index contributed by atoms with van der Waals surface area (Å²) in [6, 6.07) is 2.72. The standard InChI is InChI=1S/C9H10FNO2/c1-5-3-6(11)4-7(8(5)10)9(12)13-2/h3-4H,11H2,1-2H3. The van der Waals surface area contributed by atoms with Crippen LogP contribution < -0.4 is 5.73 Å². The van der Waals surface area contributed by atoms with Gasteiger partial charge in [0.2, 0.25) is 0 Å². The van der Waals surface area contributed by atoms with Gasteiger partial charge in [0, 0.05) is 5.69 Å². The van der Waals surface area contributed by atoms with E-state index in [0.717, 1.165) is 0 Å². The summed E-state index contributed by atoms with van der Waals surface area (Å²) in [4.78, 5) is 11.0. The fourth-order valence-corrected chi connectivity index (χ4v) is 1.06. The highest BCUT2D eigenvalue weighted by atomic mass is 19.1. The van der Waals surface area contributed by atoms with E-state index in [1.807, 2.05) is 0 Å². The molecule has 2 N–H and O–H groups in total. The maximum atomic E-state index is 13.3. The molecule has 0 aliphatic rings. The van der Waals surface area contributed by atoms with Gasteiger partial charge < -0.3 is 10.5 Å². The molecule has 1 aromatic rings. The largest absolute Gasteiger partial charge is 0.465 e. The van der Waals surface area contributed by atoms with E-state index >= 15 is 0 Å². The number of esters is 1. The Morgan fingerprint density at radius 1 is 1.54 bits per heavy atom. The average Bonchev–Trinajstić information content (AvgIpc) is 2.10. The molecule has 0 heterocycles. The first kappa shape index (κ1) is 9.51. The summed E-state index contributed by atoms with van der Waals surface area (Å²) in [7, 11) is 1.19. The second kappa shape index (κ2) is 3.43. The molecule has 1 rings (SSSR count). The van der Waals surface area contributed by atoms with Crippen molar-refractivity contribution in [3.8, 4) is 0 Å². The van der Waals surface area contributed by atoms with E-state index in [9.17, 15) is 9.18 Å². The van der Waals surface area contributed by atoms with Crippen molar-refractivity contribution < 1.29 is 13.9 Å². The molecule has 4 heteroatoms. The molecule has 0 amide bonds. The monoisotopic (exact) mass is 183 g/mol. The topological polar surface area (TPSA) is 52.3 Å². The molecule has 0 fully saturated rings. The predicted octanol–water partition coefficient (Wildman–Crippen LogP) is 1.50. The number of rotatable bonds is 1. The number of methoxy groups -OCH3 is 1. The summed E-state index contributed by atoms with van der Waals surface area (Å²) in [5, 5.41) is 0. The molecule has 0 unspecified atom stereocenters. The third-order valence-electron chi connectivity index (χ3n) is 1.68. The highest BCUT2D eigenvalue weighted by Crippen LogP contribution is 2.17. The number of halogens is 1. The maximum Gasteiger partial charge on any atom is 0.340 e. The van der Waals surface area contributed by atoms with Crippen molar-refractivity contribution in [2.45, 2.75) is 6.92 Å². The van der Waals surface area contributed by atoms with E-state index in [1.165, 1.54) is 26.2 Å². The SMILES string of the molecule is COC(=O)c1cc(N)cc(C)c1F. The zero-order valence-corrected chi connectivity index (χ0v) is 7.43. The minimum atomic E-state index is -0.715. The lowest BCUT2D eigenvalue weighted by Gasteiger charge is -2.04. The van der Waals surface area contributed by atoms with E-state index < -0.39 is 11.8 Å². The quantitative estimate of drug-likeness (QED) is 0.530. The number of carbonyl (C=O) groups excluding carboxylic acids is 1. The van der Waals surface area contributed by atoms with Gasteiger partial charge >= 0.3 is 5.97 Å². The van der Waals surface area contributed by atoms with Crippen molar-refractivity contribution in [3.05, 3.63) is 29.1 Å². The molecular weight excluding hydrogens is 173 g/mol. The van der Waals surface area contributed by atoms with Crippen LogP contribution in [0.15, 0.2) is 12.1 Å². The normalized spacial score (nSPS) is 9.77. The Bertz CT molecular complexity index is 350. The number of ether oxygens (including phenoxy) is 1. The molecule has 0 aliphatic heterocycles. The Labute approximate surface area is 75.3 Å². The zero-order chi connectivity index (χ0) is 10.0. The fourth-order valence-electron chi connectivity index (χ4n) is 1.06. The number of aryl methyl sites for hydroxylation is 1. The van der Waals surface area contributed by atoms with Crippen LogP contribution in [-0.2, 0) is 4.74 Å². The van der Waals surface area contributed by atoms with Crippen LogP contribution in [0.5, 0.6) is 0 Å². The van der Waals surface area contributed by atoms with E-state index in [0.29, 0.717) is 11.3 Å². The Morgan fingerprint density at radius 2 is 2.15 bits per heavy atom. The molecule has 0 saturated carbocycles. The number of carbonyl (C=O) groups is 1. The molecule has 0 atom stereocenters. The average molecular weight is 183 g/mol. The maximum absolute atomic E-state index is 13.3. The first-order chi connectivity index (χ1) is 6.06. The van der Waals surface area contributed by atoms with Gasteiger partial charge in [0.15, 0.2) is 0 Å². The zero-order valence-electron chi connectivity index (χ0n) is 7.43. The lowest BCUT2D eigenvalue weighted by molar-refractivity contribution is 0.0595. The minimum Gasteiger partial charge on any atom is -0.465 e. The van der Waals surface area contributed by atoms with E-state index in [4.69, 9.17) is 5.73 Å². The van der Waals surface area contributed by atoms with Crippen molar-refractivity contribution in [2.24, 2.45) is 0 Å². The molecular formula is C9H10FNO2. The van der Waals surface area contributed by atoms with Crippen molar-refractivity contribution in [2.75, 3.05) is 12.8 Å². The van der Waals surface area contributed by atoms with Crippen LogP contribution in [-0.4, -0.2) is 13.1 Å². The summed E-state index contributed by atoms with van der Waals surface area (Å²) in [6.45, 7) is 1.54. The Balaban J connectivity index is 3.28. The van der Waals surface area contributed by atoms with Gasteiger partial charge in [-0.3, -0.25) is 0 Å². The molecule has 0 aliphatic carbocycles. The van der Waals surface area contributed by atoms with E-state index in [2.05, 4.69) is 4.74 Å². The number of hydrogen-bond donors (Lipinski definition) is 1. The molecule has 0 saturated heterocycles. The van der Waals surface area contributed by atoms with Crippen molar-refractivity contribution in [3.63, 3.8) is 0 Å². The van der Waals surface area contributed by atoms with Gasteiger partial charge in [-0.2, -0.15) is 0 Å².